The molecule has 0 aliphatic carbocycles. The van der Waals surface area contributed by atoms with Gasteiger partial charge in [-0.05, 0) is 50.8 Å². The Bertz CT molecular complexity index is 982. The quantitative estimate of drug-likeness (QED) is 0.399. The monoisotopic (exact) mass is 424 g/mol. The van der Waals surface area contributed by atoms with Crippen LogP contribution in [0.15, 0.2) is 54.1 Å². The highest BCUT2D eigenvalue weighted by atomic mass is 16.5. The second kappa shape index (κ2) is 9.66. The number of nitrogens with zero attached hydrogens (tertiary/aromatic N) is 2. The molecule has 1 saturated heterocycles. The van der Waals surface area contributed by atoms with Crippen LogP contribution in [0, 0.1) is 0 Å². The van der Waals surface area contributed by atoms with E-state index in [1.54, 1.807) is 43.5 Å². The summed E-state index contributed by atoms with van der Waals surface area (Å²) in [6.07, 6.45) is 0. The highest BCUT2D eigenvalue weighted by Crippen LogP contribution is 2.40. The standard InChI is InChI=1S/C24H28N2O5/c1-5-31-19-8-6-7-17(15-19)22(27)20-21(16-9-11-18(30-4)12-10-16)26(14-13-25(2)3)24(29)23(20)28/h6-12,15,21,27H,5,13-14H2,1-4H3/b22-20-. The highest BCUT2D eigenvalue weighted by molar-refractivity contribution is 6.46. The highest BCUT2D eigenvalue weighted by Gasteiger charge is 2.45. The third-order valence-electron chi connectivity index (χ3n) is 5.18. The Kier molecular flexibility index (Phi) is 6.97. The number of carbonyl (C=O) groups is 2. The molecule has 0 bridgehead atoms. The molecule has 0 aromatic heterocycles. The zero-order chi connectivity index (χ0) is 22.5. The van der Waals surface area contributed by atoms with Crippen molar-refractivity contribution in [3.63, 3.8) is 0 Å². The van der Waals surface area contributed by atoms with E-state index >= 15 is 0 Å². The number of aliphatic hydroxyl groups is 1. The Morgan fingerprint density at radius 3 is 2.42 bits per heavy atom. The minimum absolute atomic E-state index is 0.0718. The molecular weight excluding hydrogens is 396 g/mol. The fourth-order valence-corrected chi connectivity index (χ4v) is 3.61. The fraction of sp³-hybridized carbons (Fsp3) is 0.333. The van der Waals surface area contributed by atoms with Gasteiger partial charge in [0, 0.05) is 18.7 Å². The van der Waals surface area contributed by atoms with Crippen molar-refractivity contribution >= 4 is 17.4 Å². The van der Waals surface area contributed by atoms with Gasteiger partial charge in [-0.1, -0.05) is 24.3 Å². The van der Waals surface area contributed by atoms with E-state index < -0.39 is 17.7 Å². The Balaban J connectivity index is 2.12. The third-order valence-corrected chi connectivity index (χ3v) is 5.18. The van der Waals surface area contributed by atoms with Crippen LogP contribution >= 0.6 is 0 Å². The first-order valence-corrected chi connectivity index (χ1v) is 10.2. The van der Waals surface area contributed by atoms with Crippen LogP contribution in [0.2, 0.25) is 0 Å². The number of likely N-dealkylation sites (N-methyl/N-ethyl adjacent to an activating group) is 1. The van der Waals surface area contributed by atoms with Crippen LogP contribution in [0.3, 0.4) is 0 Å². The average Bonchev–Trinajstić information content (AvgIpc) is 3.02. The summed E-state index contributed by atoms with van der Waals surface area (Å²) >= 11 is 0. The summed E-state index contributed by atoms with van der Waals surface area (Å²) in [5.41, 5.74) is 1.22. The predicted molar refractivity (Wildman–Crippen MR) is 118 cm³/mol. The Hall–Kier alpha value is -3.32. The van der Waals surface area contributed by atoms with Crippen molar-refractivity contribution in [2.45, 2.75) is 13.0 Å². The lowest BCUT2D eigenvalue weighted by Gasteiger charge is -2.26. The molecule has 7 heteroatoms. The molecule has 0 radical (unpaired) electrons. The molecule has 0 saturated carbocycles. The average molecular weight is 424 g/mol. The molecule has 1 atom stereocenters. The number of aliphatic hydroxyl groups excluding tert-OH is 1. The molecular formula is C24H28N2O5. The molecule has 2 aromatic carbocycles. The van der Waals surface area contributed by atoms with Gasteiger partial charge in [0.1, 0.15) is 17.3 Å². The number of rotatable bonds is 8. The molecule has 164 valence electrons. The van der Waals surface area contributed by atoms with Gasteiger partial charge in [-0.15, -0.1) is 0 Å². The summed E-state index contributed by atoms with van der Waals surface area (Å²) in [6.45, 7) is 3.28. The molecule has 1 aliphatic heterocycles. The van der Waals surface area contributed by atoms with Crippen molar-refractivity contribution in [2.24, 2.45) is 0 Å². The fourth-order valence-electron chi connectivity index (χ4n) is 3.61. The molecule has 1 N–H and O–H groups in total. The molecule has 0 spiro atoms. The number of amides is 1. The molecule has 1 amide bonds. The number of methoxy groups -OCH3 is 1. The molecule has 1 heterocycles. The van der Waals surface area contributed by atoms with Crippen LogP contribution < -0.4 is 9.47 Å². The van der Waals surface area contributed by atoms with Crippen molar-refractivity contribution in [3.8, 4) is 11.5 Å². The number of hydrogen-bond acceptors (Lipinski definition) is 6. The number of carbonyl (C=O) groups excluding carboxylic acids is 2. The minimum Gasteiger partial charge on any atom is -0.507 e. The maximum Gasteiger partial charge on any atom is 0.295 e. The van der Waals surface area contributed by atoms with Gasteiger partial charge < -0.3 is 24.4 Å². The Labute approximate surface area is 182 Å². The van der Waals surface area contributed by atoms with Gasteiger partial charge in [-0.3, -0.25) is 9.59 Å². The van der Waals surface area contributed by atoms with Gasteiger partial charge in [0.2, 0.25) is 0 Å². The zero-order valence-electron chi connectivity index (χ0n) is 18.3. The summed E-state index contributed by atoms with van der Waals surface area (Å²) < 4.78 is 10.7. The summed E-state index contributed by atoms with van der Waals surface area (Å²) in [6, 6.07) is 13.3. The number of Topliss-reactive ketones (excluding diaryl/α,β-unsaturated/α-hetero) is 1. The maximum absolute atomic E-state index is 13.0. The van der Waals surface area contributed by atoms with E-state index in [0.717, 1.165) is 5.56 Å². The minimum atomic E-state index is -0.695. The molecule has 3 rings (SSSR count). The van der Waals surface area contributed by atoms with Crippen LogP contribution in [-0.2, 0) is 9.59 Å². The number of benzene rings is 2. The van der Waals surface area contributed by atoms with Gasteiger partial charge in [-0.25, -0.2) is 0 Å². The third kappa shape index (κ3) is 4.72. The zero-order valence-corrected chi connectivity index (χ0v) is 18.3. The second-order valence-electron chi connectivity index (χ2n) is 7.53. The molecule has 7 nitrogen and oxygen atoms in total. The van der Waals surface area contributed by atoms with E-state index in [-0.39, 0.29) is 11.3 Å². The van der Waals surface area contributed by atoms with E-state index in [2.05, 4.69) is 0 Å². The van der Waals surface area contributed by atoms with Gasteiger partial charge in [-0.2, -0.15) is 0 Å². The van der Waals surface area contributed by atoms with E-state index in [0.29, 0.717) is 36.8 Å². The summed E-state index contributed by atoms with van der Waals surface area (Å²) in [7, 11) is 5.37. The first kappa shape index (κ1) is 22.4. The van der Waals surface area contributed by atoms with E-state index in [9.17, 15) is 14.7 Å². The van der Waals surface area contributed by atoms with Crippen molar-refractivity contribution in [2.75, 3.05) is 40.9 Å². The molecule has 31 heavy (non-hydrogen) atoms. The van der Waals surface area contributed by atoms with Crippen molar-refractivity contribution in [1.82, 2.24) is 9.80 Å². The Morgan fingerprint density at radius 2 is 1.81 bits per heavy atom. The molecule has 1 unspecified atom stereocenters. The van der Waals surface area contributed by atoms with Crippen LogP contribution in [0.1, 0.15) is 24.1 Å². The van der Waals surface area contributed by atoms with Gasteiger partial charge >= 0.3 is 0 Å². The number of hydrogen-bond donors (Lipinski definition) is 1. The van der Waals surface area contributed by atoms with Crippen LogP contribution in [0.5, 0.6) is 11.5 Å². The number of ether oxygens (including phenoxy) is 2. The lowest BCUT2D eigenvalue weighted by Crippen LogP contribution is -2.35. The number of ketones is 1. The van der Waals surface area contributed by atoms with Crippen molar-refractivity contribution in [3.05, 3.63) is 65.2 Å². The smallest absolute Gasteiger partial charge is 0.295 e. The molecule has 1 aliphatic rings. The number of likely N-dealkylation sites (tertiary alicyclic amines) is 1. The van der Waals surface area contributed by atoms with Gasteiger partial charge in [0.15, 0.2) is 0 Å². The molecule has 1 fully saturated rings. The van der Waals surface area contributed by atoms with Crippen LogP contribution in [0.25, 0.3) is 5.76 Å². The predicted octanol–water partition coefficient (Wildman–Crippen LogP) is 3.08. The SMILES string of the molecule is CCOc1cccc(/C(O)=C2/C(=O)C(=O)N(CCN(C)C)C2c2ccc(OC)cc2)c1. The van der Waals surface area contributed by atoms with Crippen LogP contribution in [0.4, 0.5) is 0 Å². The maximum atomic E-state index is 13.0. The van der Waals surface area contributed by atoms with Gasteiger partial charge in [0.05, 0.1) is 25.3 Å². The first-order valence-electron chi connectivity index (χ1n) is 10.2. The van der Waals surface area contributed by atoms with Gasteiger partial charge in [0.25, 0.3) is 11.7 Å². The van der Waals surface area contributed by atoms with Crippen LogP contribution in [-0.4, -0.2) is 67.5 Å². The normalized spacial score (nSPS) is 18.0. The van der Waals surface area contributed by atoms with Crippen molar-refractivity contribution < 1.29 is 24.2 Å². The largest absolute Gasteiger partial charge is 0.507 e. The first-order chi connectivity index (χ1) is 14.9. The topological polar surface area (TPSA) is 79.3 Å². The summed E-state index contributed by atoms with van der Waals surface area (Å²) in [5.74, 6) is -0.287. The molecule has 2 aromatic rings. The lowest BCUT2D eigenvalue weighted by atomic mass is 9.95. The summed E-state index contributed by atoms with van der Waals surface area (Å²) in [5, 5.41) is 11.1. The Morgan fingerprint density at radius 1 is 1.10 bits per heavy atom. The van der Waals surface area contributed by atoms with E-state index in [4.69, 9.17) is 9.47 Å². The van der Waals surface area contributed by atoms with E-state index in [1.807, 2.05) is 38.1 Å². The second-order valence-corrected chi connectivity index (χ2v) is 7.53. The van der Waals surface area contributed by atoms with E-state index in [1.165, 1.54) is 4.90 Å². The van der Waals surface area contributed by atoms with Crippen molar-refractivity contribution in [1.29, 1.82) is 0 Å². The lowest BCUT2D eigenvalue weighted by molar-refractivity contribution is -0.140. The summed E-state index contributed by atoms with van der Waals surface area (Å²) in [4.78, 5) is 29.4.